The Labute approximate surface area is 145 Å². The molecule has 0 aliphatic heterocycles. The van der Waals surface area contributed by atoms with Crippen LogP contribution in [0.1, 0.15) is 74.5 Å². The summed E-state index contributed by atoms with van der Waals surface area (Å²) in [5.41, 5.74) is 5.50. The topological polar surface area (TPSA) is 46.2 Å². The van der Waals surface area contributed by atoms with Crippen molar-refractivity contribution in [2.24, 2.45) is 11.7 Å². The van der Waals surface area contributed by atoms with Crippen LogP contribution in [0.2, 0.25) is 0 Å². The summed E-state index contributed by atoms with van der Waals surface area (Å²) in [5.74, 6) is 7.60. The Balaban J connectivity index is 1.68. The summed E-state index contributed by atoms with van der Waals surface area (Å²) in [6, 6.07) is 4.26. The van der Waals surface area contributed by atoms with Gasteiger partial charge in [-0.15, -0.1) is 11.3 Å². The van der Waals surface area contributed by atoms with Crippen molar-refractivity contribution >= 4 is 11.3 Å². The van der Waals surface area contributed by atoms with Crippen LogP contribution in [-0.2, 0) is 6.42 Å². The summed E-state index contributed by atoms with van der Waals surface area (Å²) in [4.78, 5) is 2.46. The van der Waals surface area contributed by atoms with Crippen molar-refractivity contribution in [3.63, 3.8) is 0 Å². The van der Waals surface area contributed by atoms with E-state index in [1.807, 2.05) is 6.92 Å². The number of aryl methyl sites for hydroxylation is 1. The van der Waals surface area contributed by atoms with Crippen LogP contribution in [0.25, 0.3) is 0 Å². The Morgan fingerprint density at radius 1 is 1.30 bits per heavy atom. The number of aliphatic hydroxyl groups excluding tert-OH is 1. The van der Waals surface area contributed by atoms with Gasteiger partial charge in [-0.05, 0) is 50.7 Å². The highest BCUT2D eigenvalue weighted by Crippen LogP contribution is 2.27. The molecule has 3 heteroatoms. The molecule has 1 aliphatic carbocycles. The summed E-state index contributed by atoms with van der Waals surface area (Å²) in [5, 5.41) is 9.19. The van der Waals surface area contributed by atoms with E-state index in [9.17, 15) is 5.11 Å². The zero-order valence-corrected chi connectivity index (χ0v) is 15.3. The second kappa shape index (κ2) is 9.47. The van der Waals surface area contributed by atoms with Gasteiger partial charge in [-0.2, -0.15) is 0 Å². The van der Waals surface area contributed by atoms with Crippen molar-refractivity contribution in [3.8, 4) is 11.8 Å². The Kier molecular flexibility index (Phi) is 7.62. The zero-order valence-electron chi connectivity index (χ0n) is 14.4. The van der Waals surface area contributed by atoms with Gasteiger partial charge in [0.2, 0.25) is 0 Å². The molecule has 1 saturated carbocycles. The lowest BCUT2D eigenvalue weighted by molar-refractivity contribution is 0.201. The maximum absolute atomic E-state index is 9.19. The smallest absolute Gasteiger partial charge is 0.0771 e. The predicted molar refractivity (Wildman–Crippen MR) is 99.6 cm³/mol. The first-order valence-electron chi connectivity index (χ1n) is 9.06. The van der Waals surface area contributed by atoms with Crippen LogP contribution < -0.4 is 5.73 Å². The van der Waals surface area contributed by atoms with Gasteiger partial charge in [0.25, 0.3) is 0 Å². The average molecular weight is 334 g/mol. The van der Waals surface area contributed by atoms with E-state index in [1.54, 1.807) is 11.3 Å². The molecule has 1 heterocycles. The summed E-state index contributed by atoms with van der Waals surface area (Å²) >= 11 is 1.76. The number of rotatable bonds is 7. The highest BCUT2D eigenvalue weighted by atomic mass is 32.1. The van der Waals surface area contributed by atoms with Crippen LogP contribution >= 0.6 is 11.3 Å². The SMILES string of the molecule is C[C@](N)(CO)CCc1ccc(C#CCCCC2CCCCC2)s1. The first-order valence-corrected chi connectivity index (χ1v) is 9.88. The standard InChI is InChI=1S/C20H31NOS/c1-20(21,16-22)15-14-19-13-12-18(23-19)11-7-3-6-10-17-8-4-2-5-9-17/h12-13,17,22H,2-6,8-10,14-16,21H2,1H3/t20-/m1/s1. The van der Waals surface area contributed by atoms with Crippen LogP contribution in [0.3, 0.4) is 0 Å². The van der Waals surface area contributed by atoms with Gasteiger partial charge in [0, 0.05) is 16.8 Å². The van der Waals surface area contributed by atoms with Gasteiger partial charge in [-0.3, -0.25) is 0 Å². The van der Waals surface area contributed by atoms with Crippen LogP contribution in [0.4, 0.5) is 0 Å². The van der Waals surface area contributed by atoms with Crippen molar-refractivity contribution in [1.82, 2.24) is 0 Å². The maximum atomic E-state index is 9.19. The van der Waals surface area contributed by atoms with Gasteiger partial charge in [-0.25, -0.2) is 0 Å². The Bertz CT molecular complexity index is 517. The highest BCUT2D eigenvalue weighted by molar-refractivity contribution is 7.12. The molecule has 1 fully saturated rings. The van der Waals surface area contributed by atoms with E-state index in [2.05, 4.69) is 24.0 Å². The van der Waals surface area contributed by atoms with E-state index >= 15 is 0 Å². The first-order chi connectivity index (χ1) is 11.1. The fourth-order valence-electron chi connectivity index (χ4n) is 3.17. The molecule has 0 spiro atoms. The molecule has 1 aromatic rings. The quantitative estimate of drug-likeness (QED) is 0.570. The fourth-order valence-corrected chi connectivity index (χ4v) is 4.05. The molecule has 0 amide bonds. The molecule has 0 bridgehead atoms. The Morgan fingerprint density at radius 2 is 2.09 bits per heavy atom. The lowest BCUT2D eigenvalue weighted by atomic mass is 9.86. The van der Waals surface area contributed by atoms with Crippen LogP contribution in [0.15, 0.2) is 12.1 Å². The van der Waals surface area contributed by atoms with E-state index in [4.69, 9.17) is 5.73 Å². The second-order valence-electron chi connectivity index (χ2n) is 7.28. The predicted octanol–water partition coefficient (Wildman–Crippen LogP) is 4.49. The molecule has 2 nitrogen and oxygen atoms in total. The molecule has 0 saturated heterocycles. The summed E-state index contributed by atoms with van der Waals surface area (Å²) in [6.07, 6.45) is 12.6. The highest BCUT2D eigenvalue weighted by Gasteiger charge is 2.17. The molecule has 1 atom stereocenters. The maximum Gasteiger partial charge on any atom is 0.0771 e. The molecule has 2 rings (SSSR count). The third-order valence-electron chi connectivity index (χ3n) is 4.82. The lowest BCUT2D eigenvalue weighted by Crippen LogP contribution is -2.40. The normalized spacial score (nSPS) is 18.2. The number of unbranched alkanes of at least 4 members (excludes halogenated alkanes) is 1. The van der Waals surface area contributed by atoms with Gasteiger partial charge in [0.15, 0.2) is 0 Å². The van der Waals surface area contributed by atoms with Gasteiger partial charge in [-0.1, -0.05) is 43.9 Å². The largest absolute Gasteiger partial charge is 0.394 e. The van der Waals surface area contributed by atoms with Gasteiger partial charge >= 0.3 is 0 Å². The summed E-state index contributed by atoms with van der Waals surface area (Å²) in [6.45, 7) is 1.93. The number of aliphatic hydroxyl groups is 1. The fraction of sp³-hybridized carbons (Fsp3) is 0.700. The second-order valence-corrected chi connectivity index (χ2v) is 8.44. The van der Waals surface area contributed by atoms with E-state index < -0.39 is 5.54 Å². The minimum Gasteiger partial charge on any atom is -0.394 e. The monoisotopic (exact) mass is 333 g/mol. The molecular formula is C20H31NOS. The van der Waals surface area contributed by atoms with E-state index in [1.165, 1.54) is 49.8 Å². The first kappa shape index (κ1) is 18.5. The Hall–Kier alpha value is -0.820. The lowest BCUT2D eigenvalue weighted by Gasteiger charge is -2.20. The third-order valence-corrected chi connectivity index (χ3v) is 5.88. The molecule has 1 aliphatic rings. The van der Waals surface area contributed by atoms with Gasteiger partial charge < -0.3 is 10.8 Å². The van der Waals surface area contributed by atoms with Crippen LogP contribution in [0.5, 0.6) is 0 Å². The minimum atomic E-state index is -0.477. The summed E-state index contributed by atoms with van der Waals surface area (Å²) < 4.78 is 0. The van der Waals surface area contributed by atoms with Crippen molar-refractivity contribution in [3.05, 3.63) is 21.9 Å². The van der Waals surface area contributed by atoms with Gasteiger partial charge in [0.05, 0.1) is 11.5 Å². The minimum absolute atomic E-state index is 0.0338. The molecule has 0 radical (unpaired) electrons. The molecule has 1 aromatic heterocycles. The van der Waals surface area contributed by atoms with Crippen molar-refractivity contribution in [1.29, 1.82) is 0 Å². The van der Waals surface area contributed by atoms with Crippen molar-refractivity contribution in [2.75, 3.05) is 6.61 Å². The molecular weight excluding hydrogens is 302 g/mol. The van der Waals surface area contributed by atoms with Crippen molar-refractivity contribution < 1.29 is 5.11 Å². The number of hydrogen-bond acceptors (Lipinski definition) is 3. The summed E-state index contributed by atoms with van der Waals surface area (Å²) in [7, 11) is 0. The van der Waals surface area contributed by atoms with Crippen LogP contribution in [0, 0.1) is 17.8 Å². The molecule has 128 valence electrons. The molecule has 0 aromatic carbocycles. The number of hydrogen-bond donors (Lipinski definition) is 2. The number of nitrogens with two attached hydrogens (primary N) is 1. The van der Waals surface area contributed by atoms with Gasteiger partial charge in [0.1, 0.15) is 0 Å². The van der Waals surface area contributed by atoms with Crippen molar-refractivity contribution in [2.45, 2.75) is 76.7 Å². The average Bonchev–Trinajstić information content (AvgIpc) is 3.02. The van der Waals surface area contributed by atoms with E-state index in [0.717, 1.165) is 30.1 Å². The Morgan fingerprint density at radius 3 is 2.83 bits per heavy atom. The molecule has 0 unspecified atom stereocenters. The van der Waals surface area contributed by atoms with E-state index in [-0.39, 0.29) is 6.61 Å². The molecule has 23 heavy (non-hydrogen) atoms. The third kappa shape index (κ3) is 7.08. The number of thiophene rings is 1. The van der Waals surface area contributed by atoms with Crippen LogP contribution in [-0.4, -0.2) is 17.3 Å². The zero-order chi connectivity index (χ0) is 16.5. The molecule has 3 N–H and O–H groups in total. The van der Waals surface area contributed by atoms with E-state index in [0.29, 0.717) is 0 Å².